The monoisotopic (exact) mass is 272 g/mol. The van der Waals surface area contributed by atoms with Crippen LogP contribution in [0.15, 0.2) is 0 Å². The van der Waals surface area contributed by atoms with E-state index in [-0.39, 0.29) is 0 Å². The van der Waals surface area contributed by atoms with E-state index in [1.54, 1.807) is 0 Å². The van der Waals surface area contributed by atoms with Gasteiger partial charge >= 0.3 is 6.09 Å². The highest BCUT2D eigenvalue weighted by atomic mass is 16.4. The van der Waals surface area contributed by atoms with Gasteiger partial charge in [0.1, 0.15) is 0 Å². The maximum Gasteiger partial charge on any atom is 0.419 e. The third-order valence-electron chi connectivity index (χ3n) is 3.35. The van der Waals surface area contributed by atoms with Gasteiger partial charge in [0.15, 0.2) is 0 Å². The van der Waals surface area contributed by atoms with Crippen molar-refractivity contribution < 1.29 is 9.90 Å². The molecule has 0 aromatic heterocycles. The van der Waals surface area contributed by atoms with Crippen LogP contribution in [0.4, 0.5) is 4.79 Å². The van der Waals surface area contributed by atoms with Crippen molar-refractivity contribution in [3.63, 3.8) is 0 Å². The number of hydrogen-bond donors (Lipinski definition) is 3. The fourth-order valence-electron chi connectivity index (χ4n) is 2.19. The summed E-state index contributed by atoms with van der Waals surface area (Å²) in [6.07, 6.45) is 14.9. The average molecular weight is 272 g/mol. The zero-order valence-corrected chi connectivity index (χ0v) is 12.5. The van der Waals surface area contributed by atoms with Crippen LogP contribution < -0.4 is 10.9 Å². The SMILES string of the molecule is CCCCCCCCCCCCCCNNC(=O)O. The molecule has 0 bridgehead atoms. The molecule has 0 aliphatic rings. The summed E-state index contributed by atoms with van der Waals surface area (Å²) in [6, 6.07) is 0. The highest BCUT2D eigenvalue weighted by Gasteiger charge is 1.94. The second kappa shape index (κ2) is 15.3. The van der Waals surface area contributed by atoms with E-state index in [4.69, 9.17) is 5.11 Å². The molecular weight excluding hydrogens is 240 g/mol. The molecule has 0 unspecified atom stereocenters. The molecule has 4 heteroatoms. The molecule has 0 aromatic rings. The number of hydrazine groups is 1. The van der Waals surface area contributed by atoms with Crippen LogP contribution >= 0.6 is 0 Å². The molecule has 0 rings (SSSR count). The van der Waals surface area contributed by atoms with Crippen molar-refractivity contribution >= 4 is 6.09 Å². The summed E-state index contributed by atoms with van der Waals surface area (Å²) in [7, 11) is 0. The number of nitrogens with one attached hydrogen (secondary N) is 2. The van der Waals surface area contributed by atoms with Gasteiger partial charge in [-0.3, -0.25) is 5.43 Å². The molecule has 0 spiro atoms. The molecule has 0 saturated carbocycles. The molecule has 0 saturated heterocycles. The number of amides is 1. The molecule has 0 fully saturated rings. The van der Waals surface area contributed by atoms with E-state index in [0.29, 0.717) is 0 Å². The van der Waals surface area contributed by atoms with Gasteiger partial charge in [-0.1, -0.05) is 77.6 Å². The fraction of sp³-hybridized carbons (Fsp3) is 0.933. The summed E-state index contributed by atoms with van der Waals surface area (Å²) >= 11 is 0. The van der Waals surface area contributed by atoms with Gasteiger partial charge in [0.05, 0.1) is 0 Å². The van der Waals surface area contributed by atoms with Gasteiger partial charge in [0.25, 0.3) is 0 Å². The van der Waals surface area contributed by atoms with Crippen LogP contribution in [-0.2, 0) is 0 Å². The van der Waals surface area contributed by atoms with Crippen molar-refractivity contribution in [2.24, 2.45) is 0 Å². The van der Waals surface area contributed by atoms with E-state index in [1.807, 2.05) is 0 Å². The van der Waals surface area contributed by atoms with Crippen molar-refractivity contribution in [1.29, 1.82) is 0 Å². The van der Waals surface area contributed by atoms with Crippen LogP contribution in [0.2, 0.25) is 0 Å². The lowest BCUT2D eigenvalue weighted by Gasteiger charge is -2.04. The molecule has 0 radical (unpaired) electrons. The Kier molecular flexibility index (Phi) is 14.7. The van der Waals surface area contributed by atoms with Crippen LogP contribution in [0.25, 0.3) is 0 Å². The van der Waals surface area contributed by atoms with E-state index in [9.17, 15) is 4.79 Å². The molecule has 0 aromatic carbocycles. The van der Waals surface area contributed by atoms with Crippen molar-refractivity contribution in [3.8, 4) is 0 Å². The number of carboxylic acid groups (broad SMARTS) is 1. The molecule has 0 heterocycles. The van der Waals surface area contributed by atoms with Crippen LogP contribution in [0.3, 0.4) is 0 Å². The zero-order valence-electron chi connectivity index (χ0n) is 12.5. The van der Waals surface area contributed by atoms with Crippen molar-refractivity contribution in [2.75, 3.05) is 6.54 Å². The minimum atomic E-state index is -1.01. The van der Waals surface area contributed by atoms with E-state index < -0.39 is 6.09 Å². The Bertz CT molecular complexity index is 199. The van der Waals surface area contributed by atoms with Gasteiger partial charge < -0.3 is 5.11 Å². The smallest absolute Gasteiger partial charge is 0.419 e. The van der Waals surface area contributed by atoms with Crippen LogP contribution in [0, 0.1) is 0 Å². The molecule has 3 N–H and O–H groups in total. The summed E-state index contributed by atoms with van der Waals surface area (Å²) in [4.78, 5) is 10.1. The number of unbranched alkanes of at least 4 members (excludes halogenated alkanes) is 11. The Morgan fingerprint density at radius 1 is 0.789 bits per heavy atom. The zero-order chi connectivity index (χ0) is 14.2. The van der Waals surface area contributed by atoms with Crippen LogP contribution in [0.1, 0.15) is 84.0 Å². The lowest BCUT2D eigenvalue weighted by Crippen LogP contribution is -2.36. The summed E-state index contributed by atoms with van der Waals surface area (Å²) in [5.41, 5.74) is 4.82. The Hall–Kier alpha value is -0.770. The molecule has 0 atom stereocenters. The lowest BCUT2D eigenvalue weighted by molar-refractivity contribution is 0.189. The third-order valence-corrected chi connectivity index (χ3v) is 3.35. The van der Waals surface area contributed by atoms with Gasteiger partial charge in [-0.05, 0) is 6.42 Å². The van der Waals surface area contributed by atoms with Crippen molar-refractivity contribution in [2.45, 2.75) is 84.0 Å². The Morgan fingerprint density at radius 2 is 1.21 bits per heavy atom. The lowest BCUT2D eigenvalue weighted by atomic mass is 10.1. The van der Waals surface area contributed by atoms with Crippen LogP contribution in [-0.4, -0.2) is 17.7 Å². The summed E-state index contributed by atoms with van der Waals surface area (Å²) < 4.78 is 0. The minimum Gasteiger partial charge on any atom is -0.464 e. The van der Waals surface area contributed by atoms with Crippen molar-refractivity contribution in [1.82, 2.24) is 10.9 Å². The number of carbonyl (C=O) groups is 1. The molecule has 0 aliphatic carbocycles. The first-order valence-corrected chi connectivity index (χ1v) is 7.99. The quantitative estimate of drug-likeness (QED) is 0.323. The number of hydrogen-bond acceptors (Lipinski definition) is 2. The van der Waals surface area contributed by atoms with Gasteiger partial charge in [-0.15, -0.1) is 0 Å². The summed E-state index contributed by atoms with van der Waals surface area (Å²) in [5.74, 6) is 0. The second-order valence-electron chi connectivity index (χ2n) is 5.25. The molecule has 0 aliphatic heterocycles. The first kappa shape index (κ1) is 18.2. The minimum absolute atomic E-state index is 0.726. The number of rotatable bonds is 14. The largest absolute Gasteiger partial charge is 0.464 e. The Balaban J connectivity index is 2.93. The molecule has 114 valence electrons. The third kappa shape index (κ3) is 17.2. The predicted molar refractivity (Wildman–Crippen MR) is 80.2 cm³/mol. The first-order chi connectivity index (χ1) is 9.27. The van der Waals surface area contributed by atoms with E-state index in [1.165, 1.54) is 70.6 Å². The van der Waals surface area contributed by atoms with Crippen molar-refractivity contribution in [3.05, 3.63) is 0 Å². The highest BCUT2D eigenvalue weighted by Crippen LogP contribution is 2.11. The molecule has 1 amide bonds. The van der Waals surface area contributed by atoms with Gasteiger partial charge in [-0.2, -0.15) is 0 Å². The van der Waals surface area contributed by atoms with Gasteiger partial charge in [0, 0.05) is 6.54 Å². The Labute approximate surface area is 118 Å². The van der Waals surface area contributed by atoms with E-state index >= 15 is 0 Å². The maximum atomic E-state index is 10.1. The molecule has 19 heavy (non-hydrogen) atoms. The summed E-state index contributed by atoms with van der Waals surface area (Å²) in [5, 5.41) is 8.33. The predicted octanol–water partition coefficient (Wildman–Crippen LogP) is 4.46. The van der Waals surface area contributed by atoms with E-state index in [2.05, 4.69) is 17.8 Å². The first-order valence-electron chi connectivity index (χ1n) is 7.99. The molecule has 4 nitrogen and oxygen atoms in total. The van der Waals surface area contributed by atoms with E-state index in [0.717, 1.165) is 13.0 Å². The Morgan fingerprint density at radius 3 is 1.63 bits per heavy atom. The standard InChI is InChI=1S/C15H32N2O2/c1-2-3-4-5-6-7-8-9-10-11-12-13-14-16-17-15(18)19/h16-17H,2-14H2,1H3,(H,18,19). The van der Waals surface area contributed by atoms with Crippen LogP contribution in [0.5, 0.6) is 0 Å². The highest BCUT2D eigenvalue weighted by molar-refractivity contribution is 5.63. The maximum absolute atomic E-state index is 10.1. The topological polar surface area (TPSA) is 61.4 Å². The average Bonchev–Trinajstić information content (AvgIpc) is 2.39. The fourth-order valence-corrected chi connectivity index (χ4v) is 2.19. The summed E-state index contributed by atoms with van der Waals surface area (Å²) in [6.45, 7) is 2.98. The molecular formula is C15H32N2O2. The second-order valence-corrected chi connectivity index (χ2v) is 5.25. The van der Waals surface area contributed by atoms with Gasteiger partial charge in [0.2, 0.25) is 0 Å². The normalized spacial score (nSPS) is 10.6. The van der Waals surface area contributed by atoms with Gasteiger partial charge in [-0.25, -0.2) is 10.2 Å².